The molecule has 2 aliphatic heterocycles. The highest BCUT2D eigenvalue weighted by Gasteiger charge is 2.41. The van der Waals surface area contributed by atoms with E-state index < -0.39 is 5.54 Å². The van der Waals surface area contributed by atoms with Crippen LogP contribution in [0.5, 0.6) is 0 Å². The smallest absolute Gasteiger partial charge is 0.250 e. The Morgan fingerprint density at radius 1 is 1.18 bits per heavy atom. The zero-order valence-electron chi connectivity index (χ0n) is 23.9. The van der Waals surface area contributed by atoms with E-state index in [-0.39, 0.29) is 36.2 Å². The molecule has 40 heavy (non-hydrogen) atoms. The minimum Gasteiger partial charge on any atom is -0.393 e. The number of carbonyl (C=O) groups is 1. The fourth-order valence-electron chi connectivity index (χ4n) is 6.52. The number of aromatic nitrogens is 5. The summed E-state index contributed by atoms with van der Waals surface area (Å²) in [6.45, 7) is 7.73. The molecule has 216 valence electrons. The Kier molecular flexibility index (Phi) is 7.30. The number of aliphatic hydroxyl groups excluding tert-OH is 1. The summed E-state index contributed by atoms with van der Waals surface area (Å²) in [5, 5.41) is 23.0. The average molecular weight is 552 g/mol. The zero-order chi connectivity index (χ0) is 28.0. The van der Waals surface area contributed by atoms with Crippen LogP contribution in [0, 0.1) is 0 Å². The van der Waals surface area contributed by atoms with E-state index >= 15 is 0 Å². The Labute approximate surface area is 234 Å². The van der Waals surface area contributed by atoms with Crippen molar-refractivity contribution < 1.29 is 19.4 Å². The first-order valence-electron chi connectivity index (χ1n) is 14.6. The van der Waals surface area contributed by atoms with Gasteiger partial charge in [-0.05, 0) is 65.4 Å². The van der Waals surface area contributed by atoms with E-state index in [1.165, 1.54) is 0 Å². The first-order chi connectivity index (χ1) is 19.2. The van der Waals surface area contributed by atoms with Crippen molar-refractivity contribution in [3.63, 3.8) is 0 Å². The minimum absolute atomic E-state index is 0.0606. The summed E-state index contributed by atoms with van der Waals surface area (Å²) in [5.74, 6) is 0.890. The lowest BCUT2D eigenvalue weighted by Crippen LogP contribution is -2.53. The van der Waals surface area contributed by atoms with Crippen molar-refractivity contribution in [1.82, 2.24) is 29.3 Å². The van der Waals surface area contributed by atoms with Crippen molar-refractivity contribution in [2.75, 3.05) is 32.1 Å². The molecular formula is C29H41N7O4. The SMILES string of the molecule is COC[C@H](C)Nc1ncc2c(-c3cnn(C(C)(C)C(=O)N4C[C@H]5CC[C@@H](C4)O5)c3)cc(C3CCC(O)CC3)n2n1. The standard InChI is InChI=1S/C29H41N7O4/c1-18(17-39-4)32-28-30-13-26-24(11-25(36(26)33-28)19-5-7-21(37)8-6-19)20-12-31-35(14-20)29(2,3)27(38)34-15-22-9-10-23(16-34)40-22/h11-14,18-19,21-23,37H,5-10,15-17H2,1-4H3,(H,32,33)/t18-,19?,21?,22-,23+/m0/s1. The van der Waals surface area contributed by atoms with Crippen LogP contribution in [0.25, 0.3) is 16.6 Å². The Balaban J connectivity index is 1.32. The predicted molar refractivity (Wildman–Crippen MR) is 150 cm³/mol. The molecule has 5 heterocycles. The van der Waals surface area contributed by atoms with Crippen molar-refractivity contribution in [3.05, 3.63) is 30.4 Å². The molecule has 0 spiro atoms. The van der Waals surface area contributed by atoms with Gasteiger partial charge in [0.1, 0.15) is 5.54 Å². The largest absolute Gasteiger partial charge is 0.393 e. The van der Waals surface area contributed by atoms with E-state index in [0.717, 1.165) is 60.9 Å². The predicted octanol–water partition coefficient (Wildman–Crippen LogP) is 3.18. The number of methoxy groups -OCH3 is 1. The fourth-order valence-corrected chi connectivity index (χ4v) is 6.52. The quantitative estimate of drug-likeness (QED) is 0.438. The first-order valence-corrected chi connectivity index (χ1v) is 14.6. The van der Waals surface area contributed by atoms with Crippen LogP contribution >= 0.6 is 0 Å². The van der Waals surface area contributed by atoms with Gasteiger partial charge in [-0.25, -0.2) is 9.50 Å². The molecule has 3 atom stereocenters. The highest BCUT2D eigenvalue weighted by atomic mass is 16.5. The van der Waals surface area contributed by atoms with Crippen molar-refractivity contribution in [2.24, 2.45) is 0 Å². The molecule has 11 nitrogen and oxygen atoms in total. The summed E-state index contributed by atoms with van der Waals surface area (Å²) in [4.78, 5) is 20.2. The second kappa shape index (κ2) is 10.8. The summed E-state index contributed by atoms with van der Waals surface area (Å²) >= 11 is 0. The van der Waals surface area contributed by atoms with Crippen LogP contribution in [0.3, 0.4) is 0 Å². The van der Waals surface area contributed by atoms with Gasteiger partial charge in [-0.15, -0.1) is 5.10 Å². The number of hydrogen-bond donors (Lipinski definition) is 2. The molecule has 1 amide bonds. The number of nitrogens with one attached hydrogen (secondary N) is 1. The molecule has 0 unspecified atom stereocenters. The molecule has 1 aliphatic carbocycles. The van der Waals surface area contributed by atoms with Crippen LogP contribution in [0.1, 0.15) is 70.9 Å². The second-order valence-corrected chi connectivity index (χ2v) is 12.3. The number of hydrogen-bond acceptors (Lipinski definition) is 8. The van der Waals surface area contributed by atoms with Gasteiger partial charge in [0, 0.05) is 55.2 Å². The number of nitrogens with zero attached hydrogens (tertiary/aromatic N) is 6. The second-order valence-electron chi connectivity index (χ2n) is 12.3. The fraction of sp³-hybridized carbons (Fsp3) is 0.655. The molecule has 2 saturated heterocycles. The van der Waals surface area contributed by atoms with Crippen molar-refractivity contribution in [1.29, 1.82) is 0 Å². The van der Waals surface area contributed by atoms with E-state index in [2.05, 4.69) is 21.5 Å². The number of anilines is 1. The van der Waals surface area contributed by atoms with Gasteiger partial charge in [0.05, 0.1) is 42.8 Å². The zero-order valence-corrected chi connectivity index (χ0v) is 23.9. The van der Waals surface area contributed by atoms with Crippen LogP contribution in [-0.2, 0) is 19.8 Å². The maximum absolute atomic E-state index is 13.7. The summed E-state index contributed by atoms with van der Waals surface area (Å²) in [5.41, 5.74) is 3.06. The van der Waals surface area contributed by atoms with E-state index in [4.69, 9.17) is 14.6 Å². The van der Waals surface area contributed by atoms with Crippen LogP contribution in [0.15, 0.2) is 24.7 Å². The number of morpholine rings is 1. The van der Waals surface area contributed by atoms with Crippen LogP contribution in [-0.4, -0.2) is 91.5 Å². The highest BCUT2D eigenvalue weighted by Crippen LogP contribution is 2.38. The van der Waals surface area contributed by atoms with Gasteiger partial charge in [-0.2, -0.15) is 5.10 Å². The van der Waals surface area contributed by atoms with Gasteiger partial charge in [-0.1, -0.05) is 0 Å². The lowest BCUT2D eigenvalue weighted by Gasteiger charge is -2.37. The van der Waals surface area contributed by atoms with Gasteiger partial charge in [-0.3, -0.25) is 9.48 Å². The summed E-state index contributed by atoms with van der Waals surface area (Å²) in [6, 6.07) is 2.25. The third-order valence-electron chi connectivity index (χ3n) is 8.77. The van der Waals surface area contributed by atoms with Gasteiger partial charge < -0.3 is 24.8 Å². The number of fused-ring (bicyclic) bond motifs is 3. The van der Waals surface area contributed by atoms with Crippen molar-refractivity contribution in [2.45, 2.75) is 95.1 Å². The molecule has 3 aromatic rings. The average Bonchev–Trinajstić information content (AvgIpc) is 3.66. The lowest BCUT2D eigenvalue weighted by atomic mass is 9.85. The van der Waals surface area contributed by atoms with Crippen LogP contribution in [0.2, 0.25) is 0 Å². The lowest BCUT2D eigenvalue weighted by molar-refractivity contribution is -0.148. The molecule has 2 N–H and O–H groups in total. The summed E-state index contributed by atoms with van der Waals surface area (Å²) in [6.07, 6.45) is 11.1. The maximum Gasteiger partial charge on any atom is 0.250 e. The van der Waals surface area contributed by atoms with E-state index in [1.54, 1.807) is 11.8 Å². The molecule has 0 radical (unpaired) electrons. The number of amides is 1. The van der Waals surface area contributed by atoms with Gasteiger partial charge in [0.15, 0.2) is 0 Å². The first kappa shape index (κ1) is 27.2. The molecule has 1 saturated carbocycles. The van der Waals surface area contributed by atoms with E-state index in [9.17, 15) is 9.90 Å². The molecule has 3 aromatic heterocycles. The third kappa shape index (κ3) is 5.10. The number of carbonyl (C=O) groups excluding carboxylic acids is 1. The van der Waals surface area contributed by atoms with E-state index in [0.29, 0.717) is 25.6 Å². The summed E-state index contributed by atoms with van der Waals surface area (Å²) in [7, 11) is 1.68. The molecular weight excluding hydrogens is 510 g/mol. The summed E-state index contributed by atoms with van der Waals surface area (Å²) < 4.78 is 15.0. The molecule has 2 bridgehead atoms. The Morgan fingerprint density at radius 2 is 1.90 bits per heavy atom. The highest BCUT2D eigenvalue weighted by molar-refractivity contribution is 5.85. The van der Waals surface area contributed by atoms with Gasteiger partial charge >= 0.3 is 0 Å². The minimum atomic E-state index is -0.835. The Hall–Kier alpha value is -3.02. The number of likely N-dealkylation sites (tertiary alicyclic amines) is 1. The molecule has 11 heteroatoms. The Bertz CT molecular complexity index is 1350. The van der Waals surface area contributed by atoms with E-state index in [1.807, 2.05) is 48.8 Å². The van der Waals surface area contributed by atoms with Gasteiger partial charge in [0.2, 0.25) is 11.9 Å². The van der Waals surface area contributed by atoms with Crippen LogP contribution < -0.4 is 5.32 Å². The third-order valence-corrected chi connectivity index (χ3v) is 8.77. The Morgan fingerprint density at radius 3 is 2.60 bits per heavy atom. The molecule has 0 aromatic carbocycles. The number of aliphatic hydroxyl groups is 1. The molecule has 3 fully saturated rings. The van der Waals surface area contributed by atoms with Crippen LogP contribution in [0.4, 0.5) is 5.95 Å². The molecule has 6 rings (SSSR count). The monoisotopic (exact) mass is 551 g/mol. The number of ether oxygens (including phenoxy) is 2. The normalized spacial score (nSPS) is 25.9. The van der Waals surface area contributed by atoms with Crippen molar-refractivity contribution >= 4 is 17.4 Å². The maximum atomic E-state index is 13.7. The topological polar surface area (TPSA) is 119 Å². The van der Waals surface area contributed by atoms with Crippen molar-refractivity contribution in [3.8, 4) is 11.1 Å². The van der Waals surface area contributed by atoms with Gasteiger partial charge in [0.25, 0.3) is 0 Å². The number of rotatable bonds is 8. The molecule has 3 aliphatic rings.